The van der Waals surface area contributed by atoms with Crippen molar-refractivity contribution in [1.82, 2.24) is 0 Å². The van der Waals surface area contributed by atoms with Crippen LogP contribution in [-0.4, -0.2) is 30.5 Å². The Kier molecular flexibility index (Phi) is 4.67. The molecule has 0 aliphatic carbocycles. The van der Waals surface area contributed by atoms with E-state index in [1.54, 1.807) is 36.4 Å². The van der Waals surface area contributed by atoms with Gasteiger partial charge in [0.05, 0.1) is 24.8 Å². The first kappa shape index (κ1) is 16.9. The molecule has 128 valence electrons. The van der Waals surface area contributed by atoms with E-state index in [1.807, 2.05) is 0 Å². The molecule has 2 aromatic carbocycles. The molecule has 1 aliphatic heterocycles. The molecule has 0 atom stereocenters. The number of carbonyl (C=O) groups is 2. The van der Waals surface area contributed by atoms with Gasteiger partial charge in [0.15, 0.2) is 11.5 Å². The first-order valence-electron chi connectivity index (χ1n) is 7.32. The topological polar surface area (TPSA) is 76.1 Å². The lowest BCUT2D eigenvalue weighted by Crippen LogP contribution is -2.27. The van der Waals surface area contributed by atoms with Gasteiger partial charge in [-0.05, 0) is 47.7 Å². The zero-order valence-corrected chi connectivity index (χ0v) is 14.4. The van der Waals surface area contributed by atoms with Crippen LogP contribution < -0.4 is 14.4 Å². The Bertz CT molecular complexity index is 878. The number of hydrogen-bond acceptors (Lipinski definition) is 6. The minimum absolute atomic E-state index is 0.0135. The molecule has 0 aromatic heterocycles. The predicted molar refractivity (Wildman–Crippen MR) is 96.1 cm³/mol. The van der Waals surface area contributed by atoms with Gasteiger partial charge in [-0.2, -0.15) is 0 Å². The Balaban J connectivity index is 1.93. The number of ether oxygens (including phenoxy) is 2. The van der Waals surface area contributed by atoms with Crippen LogP contribution in [0.25, 0.3) is 6.08 Å². The molecule has 1 saturated heterocycles. The maximum atomic E-state index is 12.6. The number of rotatable bonds is 4. The average Bonchev–Trinajstić information content (AvgIpc) is 2.88. The van der Waals surface area contributed by atoms with E-state index in [9.17, 15) is 14.7 Å². The van der Waals surface area contributed by atoms with Crippen molar-refractivity contribution in [3.63, 3.8) is 0 Å². The van der Waals surface area contributed by atoms with E-state index < -0.39 is 11.1 Å². The quantitative estimate of drug-likeness (QED) is 0.842. The monoisotopic (exact) mass is 357 g/mol. The molecule has 7 heteroatoms. The summed E-state index contributed by atoms with van der Waals surface area (Å²) in [7, 11) is 3.07. The summed E-state index contributed by atoms with van der Waals surface area (Å²) in [4.78, 5) is 26.1. The van der Waals surface area contributed by atoms with Gasteiger partial charge in [0, 0.05) is 6.07 Å². The van der Waals surface area contributed by atoms with E-state index in [4.69, 9.17) is 9.47 Å². The molecule has 6 nitrogen and oxygen atoms in total. The molecule has 0 unspecified atom stereocenters. The first-order valence-corrected chi connectivity index (χ1v) is 8.14. The van der Waals surface area contributed by atoms with Crippen LogP contribution in [0.15, 0.2) is 47.4 Å². The minimum Gasteiger partial charge on any atom is -0.508 e. The standard InChI is InChI=1S/C18H15NO5S/c1-23-14-7-6-11(8-15(14)24-2)9-16-17(21)19(18(22)25-16)12-4-3-5-13(20)10-12/h3-10,20H,1-2H3/b16-9+. The van der Waals surface area contributed by atoms with E-state index in [0.29, 0.717) is 27.7 Å². The second-order valence-corrected chi connectivity index (χ2v) is 6.14. The highest BCUT2D eigenvalue weighted by atomic mass is 32.2. The predicted octanol–water partition coefficient (Wildman–Crippen LogP) is 3.65. The molecule has 1 heterocycles. The lowest BCUT2D eigenvalue weighted by atomic mass is 10.2. The number of hydrogen-bond donors (Lipinski definition) is 1. The summed E-state index contributed by atoms with van der Waals surface area (Å²) in [5, 5.41) is 9.14. The molecule has 0 spiro atoms. The smallest absolute Gasteiger partial charge is 0.298 e. The molecular weight excluding hydrogens is 342 g/mol. The molecule has 2 amide bonds. The van der Waals surface area contributed by atoms with Crippen molar-refractivity contribution in [2.75, 3.05) is 19.1 Å². The maximum Gasteiger partial charge on any atom is 0.298 e. The molecule has 0 bridgehead atoms. The van der Waals surface area contributed by atoms with Crippen LogP contribution in [0.4, 0.5) is 10.5 Å². The molecule has 3 rings (SSSR count). The van der Waals surface area contributed by atoms with Crippen molar-refractivity contribution in [3.05, 3.63) is 52.9 Å². The third-order valence-corrected chi connectivity index (χ3v) is 4.46. The number of imide groups is 1. The molecule has 1 fully saturated rings. The Hall–Kier alpha value is -2.93. The van der Waals surface area contributed by atoms with E-state index >= 15 is 0 Å². The fourth-order valence-electron chi connectivity index (χ4n) is 2.42. The highest BCUT2D eigenvalue weighted by Gasteiger charge is 2.36. The Morgan fingerprint density at radius 3 is 2.48 bits per heavy atom. The second kappa shape index (κ2) is 6.90. The highest BCUT2D eigenvalue weighted by Crippen LogP contribution is 2.37. The molecule has 1 N–H and O–H groups in total. The second-order valence-electron chi connectivity index (χ2n) is 5.15. The van der Waals surface area contributed by atoms with Gasteiger partial charge >= 0.3 is 0 Å². The number of amides is 2. The normalized spacial score (nSPS) is 15.8. The number of phenolic OH excluding ortho intramolecular Hbond substituents is 1. The largest absolute Gasteiger partial charge is 0.508 e. The minimum atomic E-state index is -0.435. The summed E-state index contributed by atoms with van der Waals surface area (Å²) < 4.78 is 10.4. The number of benzene rings is 2. The van der Waals surface area contributed by atoms with Gasteiger partial charge in [0.2, 0.25) is 0 Å². The van der Waals surface area contributed by atoms with Crippen LogP contribution in [-0.2, 0) is 4.79 Å². The average molecular weight is 357 g/mol. The Morgan fingerprint density at radius 1 is 1.04 bits per heavy atom. The molecule has 2 aromatic rings. The molecule has 0 radical (unpaired) electrons. The summed E-state index contributed by atoms with van der Waals surface area (Å²) in [5.41, 5.74) is 1.04. The Morgan fingerprint density at radius 2 is 1.80 bits per heavy atom. The summed E-state index contributed by atoms with van der Waals surface area (Å²) in [6.45, 7) is 0. The molecule has 0 saturated carbocycles. The van der Waals surface area contributed by atoms with Crippen LogP contribution in [0.5, 0.6) is 17.2 Å². The SMILES string of the molecule is COc1ccc(/C=C2/SC(=O)N(c3cccc(O)c3)C2=O)cc1OC. The van der Waals surface area contributed by atoms with E-state index in [0.717, 1.165) is 16.7 Å². The first-order chi connectivity index (χ1) is 12.0. The van der Waals surface area contributed by atoms with Gasteiger partial charge in [0.25, 0.3) is 11.1 Å². The third-order valence-electron chi connectivity index (χ3n) is 3.59. The van der Waals surface area contributed by atoms with Crippen molar-refractivity contribution in [2.45, 2.75) is 0 Å². The lowest BCUT2D eigenvalue weighted by molar-refractivity contribution is -0.113. The van der Waals surface area contributed by atoms with Gasteiger partial charge in [-0.3, -0.25) is 9.59 Å². The van der Waals surface area contributed by atoms with E-state index in [1.165, 1.54) is 26.4 Å². The van der Waals surface area contributed by atoms with Crippen molar-refractivity contribution < 1.29 is 24.2 Å². The van der Waals surface area contributed by atoms with Gasteiger partial charge in [-0.25, -0.2) is 4.90 Å². The van der Waals surface area contributed by atoms with Crippen molar-refractivity contribution in [2.24, 2.45) is 0 Å². The number of anilines is 1. The third kappa shape index (κ3) is 3.32. The fraction of sp³-hybridized carbons (Fsp3) is 0.111. The summed E-state index contributed by atoms with van der Waals surface area (Å²) >= 11 is 0.846. The number of carbonyl (C=O) groups excluding carboxylic acids is 2. The van der Waals surface area contributed by atoms with Gasteiger partial charge in [-0.15, -0.1) is 0 Å². The fourth-order valence-corrected chi connectivity index (χ4v) is 3.26. The van der Waals surface area contributed by atoms with Crippen molar-refractivity contribution in [1.29, 1.82) is 0 Å². The number of phenols is 1. The number of thioether (sulfide) groups is 1. The summed E-state index contributed by atoms with van der Waals surface area (Å²) in [6, 6.07) is 11.2. The highest BCUT2D eigenvalue weighted by molar-refractivity contribution is 8.19. The van der Waals surface area contributed by atoms with E-state index in [2.05, 4.69) is 0 Å². The van der Waals surface area contributed by atoms with Crippen LogP contribution in [0, 0.1) is 0 Å². The number of methoxy groups -OCH3 is 2. The van der Waals surface area contributed by atoms with Gasteiger partial charge in [0.1, 0.15) is 5.75 Å². The van der Waals surface area contributed by atoms with Crippen LogP contribution >= 0.6 is 11.8 Å². The number of aromatic hydroxyl groups is 1. The van der Waals surface area contributed by atoms with Gasteiger partial charge in [-0.1, -0.05) is 12.1 Å². The molecule has 1 aliphatic rings. The molecular formula is C18H15NO5S. The summed E-state index contributed by atoms with van der Waals surface area (Å²) in [5.74, 6) is 0.659. The van der Waals surface area contributed by atoms with Crippen molar-refractivity contribution in [3.8, 4) is 17.2 Å². The number of nitrogens with zero attached hydrogens (tertiary/aromatic N) is 1. The Labute approximate surface area is 148 Å². The van der Waals surface area contributed by atoms with Crippen molar-refractivity contribution >= 4 is 34.7 Å². The van der Waals surface area contributed by atoms with Crippen LogP contribution in [0.2, 0.25) is 0 Å². The van der Waals surface area contributed by atoms with Crippen LogP contribution in [0.1, 0.15) is 5.56 Å². The zero-order valence-electron chi connectivity index (χ0n) is 13.6. The lowest BCUT2D eigenvalue weighted by Gasteiger charge is -2.12. The maximum absolute atomic E-state index is 12.6. The van der Waals surface area contributed by atoms with E-state index in [-0.39, 0.29) is 5.75 Å². The zero-order chi connectivity index (χ0) is 18.0. The van der Waals surface area contributed by atoms with Gasteiger partial charge < -0.3 is 14.6 Å². The van der Waals surface area contributed by atoms with Crippen LogP contribution in [0.3, 0.4) is 0 Å². The molecule has 25 heavy (non-hydrogen) atoms. The summed E-state index contributed by atoms with van der Waals surface area (Å²) in [6.07, 6.45) is 1.62.